The average molecular weight is 389 g/mol. The van der Waals surface area contributed by atoms with Crippen molar-refractivity contribution in [2.75, 3.05) is 33.8 Å². The first-order valence-electron chi connectivity index (χ1n) is 8.73. The van der Waals surface area contributed by atoms with Crippen LogP contribution in [0.2, 0.25) is 5.02 Å². The minimum absolute atomic E-state index is 0.139. The van der Waals surface area contributed by atoms with Crippen LogP contribution in [0.4, 0.5) is 0 Å². The first-order chi connectivity index (χ1) is 13.1. The lowest BCUT2D eigenvalue weighted by Crippen LogP contribution is -2.42. The van der Waals surface area contributed by atoms with Crippen LogP contribution in [-0.2, 0) is 6.42 Å². The number of rotatable bonds is 8. The highest BCUT2D eigenvalue weighted by Gasteiger charge is 2.06. The number of nitrogens with zero attached hydrogens (tertiary/aromatic N) is 1. The predicted octanol–water partition coefficient (Wildman–Crippen LogP) is 2.49. The molecule has 0 heterocycles. The molecule has 2 rings (SSSR count). The van der Waals surface area contributed by atoms with E-state index in [0.29, 0.717) is 30.4 Å². The smallest absolute Gasteiger partial charge is 0.251 e. The summed E-state index contributed by atoms with van der Waals surface area (Å²) in [4.78, 5) is 16.3. The Morgan fingerprint density at radius 2 is 1.78 bits per heavy atom. The molecule has 0 aliphatic carbocycles. The summed E-state index contributed by atoms with van der Waals surface area (Å²) in [5.41, 5.74) is 1.73. The first kappa shape index (κ1) is 20.6. The zero-order chi connectivity index (χ0) is 19.5. The van der Waals surface area contributed by atoms with E-state index in [2.05, 4.69) is 20.9 Å². The number of halogens is 1. The van der Waals surface area contributed by atoms with Crippen LogP contribution in [0.1, 0.15) is 15.9 Å². The van der Waals surface area contributed by atoms with Gasteiger partial charge in [0.05, 0.1) is 7.11 Å². The molecule has 2 aromatic carbocycles. The molecule has 2 aromatic rings. The molecular formula is C20H25ClN4O2. The molecule has 0 saturated carbocycles. The van der Waals surface area contributed by atoms with Crippen LogP contribution in [0.15, 0.2) is 53.5 Å². The fourth-order valence-electron chi connectivity index (χ4n) is 2.46. The summed E-state index contributed by atoms with van der Waals surface area (Å²) in [6.45, 7) is 1.77. The number of guanidine groups is 1. The number of nitrogens with one attached hydrogen (secondary N) is 3. The average Bonchev–Trinajstić information content (AvgIpc) is 2.69. The number of hydrogen-bond acceptors (Lipinski definition) is 3. The maximum Gasteiger partial charge on any atom is 0.251 e. The van der Waals surface area contributed by atoms with Crippen LogP contribution < -0.4 is 20.7 Å². The molecule has 0 fully saturated rings. The fourth-order valence-corrected chi connectivity index (χ4v) is 2.67. The molecule has 0 unspecified atom stereocenters. The monoisotopic (exact) mass is 388 g/mol. The minimum Gasteiger partial charge on any atom is -0.497 e. The minimum atomic E-state index is -0.139. The normalized spacial score (nSPS) is 11.0. The third-order valence-corrected chi connectivity index (χ3v) is 4.09. The molecule has 0 bridgehead atoms. The maximum absolute atomic E-state index is 12.1. The van der Waals surface area contributed by atoms with E-state index < -0.39 is 0 Å². The number of aliphatic imine (C=N–C) groups is 1. The van der Waals surface area contributed by atoms with Crippen LogP contribution in [0, 0.1) is 0 Å². The van der Waals surface area contributed by atoms with Crippen molar-refractivity contribution in [3.8, 4) is 5.75 Å². The Labute approximate surface area is 165 Å². The Bertz CT molecular complexity index is 780. The number of carbonyl (C=O) groups excluding carboxylic acids is 1. The van der Waals surface area contributed by atoms with Gasteiger partial charge in [-0.3, -0.25) is 9.79 Å². The fraction of sp³-hybridized carbons (Fsp3) is 0.300. The quantitative estimate of drug-likeness (QED) is 0.369. The molecule has 0 aromatic heterocycles. The van der Waals surface area contributed by atoms with Crippen molar-refractivity contribution in [2.45, 2.75) is 6.42 Å². The van der Waals surface area contributed by atoms with E-state index in [1.54, 1.807) is 38.4 Å². The Balaban J connectivity index is 1.67. The molecule has 3 N–H and O–H groups in total. The highest BCUT2D eigenvalue weighted by Crippen LogP contribution is 2.12. The van der Waals surface area contributed by atoms with Crippen molar-refractivity contribution in [1.82, 2.24) is 16.0 Å². The van der Waals surface area contributed by atoms with Gasteiger partial charge >= 0.3 is 0 Å². The Morgan fingerprint density at radius 3 is 2.52 bits per heavy atom. The standard InChI is InChI=1S/C20H25ClN4O2/c1-22-20(24-10-9-15-5-3-7-17(21)13-15)25-12-11-23-19(26)16-6-4-8-18(14-16)27-2/h3-8,13-14H,9-12H2,1-2H3,(H,23,26)(H2,22,24,25). The van der Waals surface area contributed by atoms with Gasteiger partial charge in [0.1, 0.15) is 5.75 Å². The molecular weight excluding hydrogens is 364 g/mol. The van der Waals surface area contributed by atoms with E-state index in [4.69, 9.17) is 16.3 Å². The second kappa shape index (κ2) is 11.1. The van der Waals surface area contributed by atoms with Crippen LogP contribution in [-0.4, -0.2) is 45.7 Å². The topological polar surface area (TPSA) is 74.8 Å². The number of methoxy groups -OCH3 is 1. The highest BCUT2D eigenvalue weighted by atomic mass is 35.5. The summed E-state index contributed by atoms with van der Waals surface area (Å²) in [7, 11) is 3.29. The second-order valence-electron chi connectivity index (χ2n) is 5.79. The van der Waals surface area contributed by atoms with E-state index in [0.717, 1.165) is 23.6 Å². The zero-order valence-corrected chi connectivity index (χ0v) is 16.3. The van der Waals surface area contributed by atoms with E-state index >= 15 is 0 Å². The molecule has 1 amide bonds. The summed E-state index contributed by atoms with van der Waals surface area (Å²) < 4.78 is 5.13. The number of carbonyl (C=O) groups is 1. The van der Waals surface area contributed by atoms with Gasteiger partial charge in [0, 0.05) is 37.3 Å². The molecule has 0 spiro atoms. The van der Waals surface area contributed by atoms with Crippen LogP contribution in [0.25, 0.3) is 0 Å². The summed E-state index contributed by atoms with van der Waals surface area (Å²) in [5, 5.41) is 10.0. The van der Waals surface area contributed by atoms with E-state index in [1.165, 1.54) is 0 Å². The third-order valence-electron chi connectivity index (χ3n) is 3.85. The highest BCUT2D eigenvalue weighted by molar-refractivity contribution is 6.30. The molecule has 27 heavy (non-hydrogen) atoms. The number of ether oxygens (including phenoxy) is 1. The lowest BCUT2D eigenvalue weighted by atomic mass is 10.1. The number of amides is 1. The Hall–Kier alpha value is -2.73. The first-order valence-corrected chi connectivity index (χ1v) is 9.11. The molecule has 144 valence electrons. The van der Waals surface area contributed by atoms with Gasteiger partial charge in [-0.2, -0.15) is 0 Å². The second-order valence-corrected chi connectivity index (χ2v) is 6.23. The third kappa shape index (κ3) is 7.19. The van der Waals surface area contributed by atoms with Gasteiger partial charge < -0.3 is 20.7 Å². The van der Waals surface area contributed by atoms with Gasteiger partial charge in [-0.25, -0.2) is 0 Å². The molecule has 0 aliphatic rings. The Morgan fingerprint density at radius 1 is 1.04 bits per heavy atom. The van der Waals surface area contributed by atoms with Gasteiger partial charge in [-0.15, -0.1) is 0 Å². The summed E-state index contributed by atoms with van der Waals surface area (Å²) in [5.74, 6) is 1.21. The summed E-state index contributed by atoms with van der Waals surface area (Å²) in [6, 6.07) is 14.8. The largest absolute Gasteiger partial charge is 0.497 e. The molecule has 7 heteroatoms. The summed E-state index contributed by atoms with van der Waals surface area (Å²) in [6.07, 6.45) is 0.841. The van der Waals surface area contributed by atoms with E-state index in [-0.39, 0.29) is 5.91 Å². The van der Waals surface area contributed by atoms with Crippen molar-refractivity contribution in [1.29, 1.82) is 0 Å². The lowest BCUT2D eigenvalue weighted by molar-refractivity contribution is 0.0954. The molecule has 0 radical (unpaired) electrons. The zero-order valence-electron chi connectivity index (χ0n) is 15.6. The molecule has 0 aliphatic heterocycles. The molecule has 6 nitrogen and oxygen atoms in total. The predicted molar refractivity (Wildman–Crippen MR) is 110 cm³/mol. The number of hydrogen-bond donors (Lipinski definition) is 3. The van der Waals surface area contributed by atoms with Crippen molar-refractivity contribution in [3.05, 3.63) is 64.7 Å². The van der Waals surface area contributed by atoms with Gasteiger partial charge in [-0.1, -0.05) is 29.8 Å². The molecule has 0 saturated heterocycles. The van der Waals surface area contributed by atoms with Crippen LogP contribution >= 0.6 is 11.6 Å². The lowest BCUT2D eigenvalue weighted by Gasteiger charge is -2.12. The van der Waals surface area contributed by atoms with Gasteiger partial charge in [-0.05, 0) is 42.3 Å². The van der Waals surface area contributed by atoms with Gasteiger partial charge in [0.2, 0.25) is 0 Å². The van der Waals surface area contributed by atoms with Crippen LogP contribution in [0.5, 0.6) is 5.75 Å². The van der Waals surface area contributed by atoms with E-state index in [9.17, 15) is 4.79 Å². The summed E-state index contributed by atoms with van der Waals surface area (Å²) >= 11 is 5.99. The van der Waals surface area contributed by atoms with Gasteiger partial charge in [0.25, 0.3) is 5.91 Å². The maximum atomic E-state index is 12.1. The van der Waals surface area contributed by atoms with Crippen molar-refractivity contribution < 1.29 is 9.53 Å². The van der Waals surface area contributed by atoms with Gasteiger partial charge in [0.15, 0.2) is 5.96 Å². The SMILES string of the molecule is CN=C(NCCNC(=O)c1cccc(OC)c1)NCCc1cccc(Cl)c1. The number of benzene rings is 2. The van der Waals surface area contributed by atoms with Crippen molar-refractivity contribution >= 4 is 23.5 Å². The Kier molecular flexibility index (Phi) is 8.45. The van der Waals surface area contributed by atoms with E-state index in [1.807, 2.05) is 24.3 Å². The van der Waals surface area contributed by atoms with Crippen LogP contribution in [0.3, 0.4) is 0 Å². The molecule has 0 atom stereocenters. The van der Waals surface area contributed by atoms with Crippen molar-refractivity contribution in [2.24, 2.45) is 4.99 Å². The van der Waals surface area contributed by atoms with Crippen molar-refractivity contribution in [3.63, 3.8) is 0 Å².